The number of hydrogen-bond donors (Lipinski definition) is 1. The lowest BCUT2D eigenvalue weighted by atomic mass is 10.2. The second-order valence-corrected chi connectivity index (χ2v) is 3.34. The highest BCUT2D eigenvalue weighted by molar-refractivity contribution is 14.1. The summed E-state index contributed by atoms with van der Waals surface area (Å²) in [4.78, 5) is 3.63. The molecule has 0 aliphatic rings. The molecule has 0 aromatic carbocycles. The predicted molar refractivity (Wildman–Crippen MR) is 50.1 cm³/mol. The smallest absolute Gasteiger partial charge is 0.268 e. The van der Waals surface area contributed by atoms with Gasteiger partial charge in [0, 0.05) is 9.77 Å². The van der Waals surface area contributed by atoms with Crippen LogP contribution in [0, 0.1) is 3.57 Å². The number of methoxy groups -OCH3 is 1. The zero-order valence-electron chi connectivity index (χ0n) is 6.59. The molecule has 1 aromatic rings. The van der Waals surface area contributed by atoms with Crippen molar-refractivity contribution in [3.63, 3.8) is 0 Å². The molecule has 0 amide bonds. The third kappa shape index (κ3) is 1.98. The highest BCUT2D eigenvalue weighted by atomic mass is 127. The van der Waals surface area contributed by atoms with Crippen LogP contribution in [0.25, 0.3) is 0 Å². The quantitative estimate of drug-likeness (QED) is 0.853. The number of alkyl halides is 2. The van der Waals surface area contributed by atoms with E-state index in [1.165, 1.54) is 13.3 Å². The average Bonchev–Trinajstić information content (AvgIpc) is 2.04. The van der Waals surface area contributed by atoms with E-state index in [0.717, 1.165) is 0 Å². The van der Waals surface area contributed by atoms with Crippen LogP contribution in [0.15, 0.2) is 6.20 Å². The van der Waals surface area contributed by atoms with Crippen LogP contribution >= 0.6 is 22.6 Å². The molecule has 1 aromatic heterocycles. The largest absolute Gasteiger partial charge is 0.503 e. The van der Waals surface area contributed by atoms with Gasteiger partial charge in [-0.05, 0) is 22.6 Å². The normalized spacial score (nSPS) is 10.5. The van der Waals surface area contributed by atoms with Crippen molar-refractivity contribution < 1.29 is 18.6 Å². The summed E-state index contributed by atoms with van der Waals surface area (Å²) in [6.45, 7) is 0. The van der Waals surface area contributed by atoms with Crippen LogP contribution < -0.4 is 4.74 Å². The SMILES string of the molecule is COc1ncc(I)c(C(F)F)c1O. The summed E-state index contributed by atoms with van der Waals surface area (Å²) in [5, 5.41) is 9.27. The van der Waals surface area contributed by atoms with E-state index in [1.807, 2.05) is 0 Å². The number of halogens is 3. The second-order valence-electron chi connectivity index (χ2n) is 2.18. The fraction of sp³-hybridized carbons (Fsp3) is 0.286. The minimum atomic E-state index is -2.73. The molecule has 0 saturated carbocycles. The van der Waals surface area contributed by atoms with E-state index < -0.39 is 17.7 Å². The molecule has 1 heterocycles. The van der Waals surface area contributed by atoms with Gasteiger partial charge in [-0.2, -0.15) is 0 Å². The van der Waals surface area contributed by atoms with Crippen LogP contribution in [0.1, 0.15) is 12.0 Å². The van der Waals surface area contributed by atoms with Gasteiger partial charge in [0.05, 0.1) is 12.7 Å². The van der Waals surface area contributed by atoms with Crippen LogP contribution in [0.4, 0.5) is 8.78 Å². The molecule has 0 aliphatic carbocycles. The number of rotatable bonds is 2. The lowest BCUT2D eigenvalue weighted by Crippen LogP contribution is -1.96. The minimum absolute atomic E-state index is 0.185. The molecule has 72 valence electrons. The zero-order valence-corrected chi connectivity index (χ0v) is 8.75. The summed E-state index contributed by atoms with van der Waals surface area (Å²) in [5.74, 6) is -0.778. The van der Waals surface area contributed by atoms with Crippen LogP contribution in [0.2, 0.25) is 0 Å². The number of nitrogens with zero attached hydrogens (tertiary/aromatic N) is 1. The number of aromatic hydroxyl groups is 1. The fourth-order valence-corrected chi connectivity index (χ4v) is 1.46. The molecule has 0 atom stereocenters. The molecular weight excluding hydrogens is 295 g/mol. The Bertz CT molecular complexity index is 320. The van der Waals surface area contributed by atoms with Gasteiger partial charge in [0.15, 0.2) is 5.75 Å². The summed E-state index contributed by atoms with van der Waals surface area (Å²) in [6, 6.07) is 0. The molecule has 0 spiro atoms. The van der Waals surface area contributed by atoms with Gasteiger partial charge in [0.25, 0.3) is 12.3 Å². The number of ether oxygens (including phenoxy) is 1. The van der Waals surface area contributed by atoms with Crippen molar-refractivity contribution in [3.05, 3.63) is 15.3 Å². The lowest BCUT2D eigenvalue weighted by Gasteiger charge is -2.08. The first-order chi connectivity index (χ1) is 6.07. The molecule has 0 unspecified atom stereocenters. The molecule has 1 rings (SSSR count). The van der Waals surface area contributed by atoms with E-state index >= 15 is 0 Å². The van der Waals surface area contributed by atoms with Gasteiger partial charge < -0.3 is 9.84 Å². The third-order valence-corrected chi connectivity index (χ3v) is 2.28. The lowest BCUT2D eigenvalue weighted by molar-refractivity contribution is 0.145. The van der Waals surface area contributed by atoms with Gasteiger partial charge in [-0.3, -0.25) is 0 Å². The van der Waals surface area contributed by atoms with Gasteiger partial charge >= 0.3 is 0 Å². The van der Waals surface area contributed by atoms with Gasteiger partial charge in [-0.25, -0.2) is 13.8 Å². The molecule has 0 bridgehead atoms. The van der Waals surface area contributed by atoms with Crippen LogP contribution in [0.3, 0.4) is 0 Å². The van der Waals surface area contributed by atoms with E-state index in [0.29, 0.717) is 0 Å². The maximum atomic E-state index is 12.4. The van der Waals surface area contributed by atoms with Gasteiger partial charge in [-0.1, -0.05) is 0 Å². The van der Waals surface area contributed by atoms with E-state index in [4.69, 9.17) is 0 Å². The summed E-state index contributed by atoms with van der Waals surface area (Å²) in [5.41, 5.74) is -0.438. The first-order valence-corrected chi connectivity index (χ1v) is 4.35. The Labute approximate surface area is 86.9 Å². The Morgan fingerprint density at radius 2 is 2.23 bits per heavy atom. The van der Waals surface area contributed by atoms with E-state index in [1.54, 1.807) is 22.6 Å². The first kappa shape index (κ1) is 10.4. The van der Waals surface area contributed by atoms with Crippen molar-refractivity contribution in [2.45, 2.75) is 6.43 Å². The van der Waals surface area contributed by atoms with Crippen LogP contribution in [-0.4, -0.2) is 17.2 Å². The molecular formula is C7H6F2INO2. The molecule has 1 N–H and O–H groups in total. The van der Waals surface area contributed by atoms with E-state index in [-0.39, 0.29) is 9.45 Å². The van der Waals surface area contributed by atoms with Gasteiger partial charge in [0.1, 0.15) is 0 Å². The highest BCUT2D eigenvalue weighted by Crippen LogP contribution is 2.37. The first-order valence-electron chi connectivity index (χ1n) is 3.27. The van der Waals surface area contributed by atoms with Crippen molar-refractivity contribution in [1.82, 2.24) is 4.98 Å². The Balaban J connectivity index is 3.30. The Kier molecular flexibility index (Phi) is 3.23. The summed E-state index contributed by atoms with van der Waals surface area (Å²) in [7, 11) is 1.25. The third-order valence-electron chi connectivity index (χ3n) is 1.42. The maximum Gasteiger partial charge on any atom is 0.268 e. The summed E-state index contributed by atoms with van der Waals surface area (Å²) < 4.78 is 29.5. The van der Waals surface area contributed by atoms with Crippen molar-refractivity contribution in [2.75, 3.05) is 7.11 Å². The van der Waals surface area contributed by atoms with Gasteiger partial charge in [-0.15, -0.1) is 0 Å². The Morgan fingerprint density at radius 3 is 2.69 bits per heavy atom. The molecule has 0 fully saturated rings. The summed E-state index contributed by atoms with van der Waals surface area (Å²) >= 11 is 1.68. The van der Waals surface area contributed by atoms with Crippen molar-refractivity contribution in [3.8, 4) is 11.6 Å². The molecule has 0 saturated heterocycles. The van der Waals surface area contributed by atoms with E-state index in [2.05, 4.69) is 9.72 Å². The van der Waals surface area contributed by atoms with Crippen molar-refractivity contribution >= 4 is 22.6 Å². The standard InChI is InChI=1S/C7H6F2INO2/c1-13-7-5(12)4(6(8)9)3(10)2-11-7/h2,6,12H,1H3. The zero-order chi connectivity index (χ0) is 10.0. The van der Waals surface area contributed by atoms with E-state index in [9.17, 15) is 13.9 Å². The van der Waals surface area contributed by atoms with Gasteiger partial charge in [0.2, 0.25) is 0 Å². The van der Waals surface area contributed by atoms with Crippen LogP contribution in [0.5, 0.6) is 11.6 Å². The number of hydrogen-bond acceptors (Lipinski definition) is 3. The fourth-order valence-electron chi connectivity index (χ4n) is 0.831. The number of pyridine rings is 1. The monoisotopic (exact) mass is 301 g/mol. The highest BCUT2D eigenvalue weighted by Gasteiger charge is 2.20. The average molecular weight is 301 g/mol. The predicted octanol–water partition coefficient (Wildman–Crippen LogP) is 2.34. The molecule has 6 heteroatoms. The maximum absolute atomic E-state index is 12.4. The topological polar surface area (TPSA) is 42.4 Å². The van der Waals surface area contributed by atoms with Crippen molar-refractivity contribution in [2.24, 2.45) is 0 Å². The Morgan fingerprint density at radius 1 is 1.62 bits per heavy atom. The molecule has 13 heavy (non-hydrogen) atoms. The summed E-state index contributed by atoms with van der Waals surface area (Å²) in [6.07, 6.45) is -1.51. The second kappa shape index (κ2) is 4.03. The van der Waals surface area contributed by atoms with Crippen molar-refractivity contribution in [1.29, 1.82) is 0 Å². The van der Waals surface area contributed by atoms with Crippen LogP contribution in [-0.2, 0) is 0 Å². The Hall–Kier alpha value is -0.660. The molecule has 0 aliphatic heterocycles. The number of aromatic nitrogens is 1. The molecule has 3 nitrogen and oxygen atoms in total. The minimum Gasteiger partial charge on any atom is -0.503 e. The molecule has 0 radical (unpaired) electrons.